The minimum absolute atomic E-state index is 0.0156. The third-order valence-electron chi connectivity index (χ3n) is 3.90. The molecular formula is C20H19N3O. The number of hydrogen-bond donors (Lipinski definition) is 1. The van der Waals surface area contributed by atoms with Crippen molar-refractivity contribution in [2.75, 3.05) is 0 Å². The first kappa shape index (κ1) is 15.9. The second-order valence-electron chi connectivity index (χ2n) is 5.60. The Hall–Kier alpha value is -3.01. The van der Waals surface area contributed by atoms with E-state index in [-0.39, 0.29) is 11.8 Å². The van der Waals surface area contributed by atoms with Gasteiger partial charge in [0.05, 0.1) is 5.92 Å². The van der Waals surface area contributed by atoms with Crippen LogP contribution in [0.3, 0.4) is 0 Å². The van der Waals surface area contributed by atoms with Crippen molar-refractivity contribution in [1.29, 1.82) is 0 Å². The summed E-state index contributed by atoms with van der Waals surface area (Å²) in [6.07, 6.45) is 7.63. The number of hydrogen-bond acceptors (Lipinski definition) is 3. The van der Waals surface area contributed by atoms with Crippen LogP contribution in [-0.4, -0.2) is 15.9 Å². The largest absolute Gasteiger partial charge is 0.351 e. The van der Waals surface area contributed by atoms with Crippen LogP contribution in [0, 0.1) is 0 Å². The quantitative estimate of drug-likeness (QED) is 0.760. The van der Waals surface area contributed by atoms with Crippen LogP contribution in [0.5, 0.6) is 0 Å². The SMILES string of the molecule is O=C(NCc1ccncc1)C(Cc1cccnc1)c1ccccc1. The fraction of sp³-hybridized carbons (Fsp3) is 0.150. The van der Waals surface area contributed by atoms with E-state index in [4.69, 9.17) is 0 Å². The molecule has 3 rings (SSSR count). The van der Waals surface area contributed by atoms with Gasteiger partial charge >= 0.3 is 0 Å². The van der Waals surface area contributed by atoms with E-state index in [1.54, 1.807) is 18.6 Å². The molecule has 0 saturated carbocycles. The zero-order chi connectivity index (χ0) is 16.6. The van der Waals surface area contributed by atoms with E-state index in [9.17, 15) is 4.79 Å². The summed E-state index contributed by atoms with van der Waals surface area (Å²) in [6.45, 7) is 0.498. The Morgan fingerprint density at radius 1 is 0.875 bits per heavy atom. The molecule has 0 bridgehead atoms. The molecule has 3 aromatic rings. The van der Waals surface area contributed by atoms with E-state index in [1.807, 2.05) is 60.8 Å². The van der Waals surface area contributed by atoms with Gasteiger partial charge < -0.3 is 5.32 Å². The van der Waals surface area contributed by atoms with Gasteiger partial charge in [0.15, 0.2) is 0 Å². The van der Waals surface area contributed by atoms with Gasteiger partial charge in [-0.2, -0.15) is 0 Å². The Balaban J connectivity index is 1.75. The van der Waals surface area contributed by atoms with E-state index in [0.29, 0.717) is 13.0 Å². The third-order valence-corrected chi connectivity index (χ3v) is 3.90. The van der Waals surface area contributed by atoms with E-state index in [1.165, 1.54) is 0 Å². The lowest BCUT2D eigenvalue weighted by Gasteiger charge is -2.17. The predicted molar refractivity (Wildman–Crippen MR) is 93.2 cm³/mol. The second-order valence-corrected chi connectivity index (χ2v) is 5.60. The number of nitrogens with zero attached hydrogens (tertiary/aromatic N) is 2. The molecule has 2 heterocycles. The van der Waals surface area contributed by atoms with Crippen molar-refractivity contribution in [3.8, 4) is 0 Å². The van der Waals surface area contributed by atoms with Gasteiger partial charge in [-0.3, -0.25) is 14.8 Å². The number of benzene rings is 1. The summed E-state index contributed by atoms with van der Waals surface area (Å²) in [7, 11) is 0. The van der Waals surface area contributed by atoms with E-state index >= 15 is 0 Å². The van der Waals surface area contributed by atoms with Crippen LogP contribution in [0.1, 0.15) is 22.6 Å². The highest BCUT2D eigenvalue weighted by atomic mass is 16.1. The molecule has 0 aliphatic heterocycles. The predicted octanol–water partition coefficient (Wildman–Crippen LogP) is 3.12. The lowest BCUT2D eigenvalue weighted by atomic mass is 9.91. The Bertz CT molecular complexity index is 761. The summed E-state index contributed by atoms with van der Waals surface area (Å²) in [5, 5.41) is 3.03. The second kappa shape index (κ2) is 8.02. The van der Waals surface area contributed by atoms with Crippen molar-refractivity contribution in [2.45, 2.75) is 18.9 Å². The highest BCUT2D eigenvalue weighted by molar-refractivity contribution is 5.84. The van der Waals surface area contributed by atoms with Gasteiger partial charge in [-0.05, 0) is 41.3 Å². The molecule has 0 aliphatic rings. The Morgan fingerprint density at radius 3 is 2.38 bits per heavy atom. The fourth-order valence-corrected chi connectivity index (χ4v) is 2.61. The molecule has 1 unspecified atom stereocenters. The molecular weight excluding hydrogens is 298 g/mol. The zero-order valence-corrected chi connectivity index (χ0v) is 13.3. The average molecular weight is 317 g/mol. The van der Waals surface area contributed by atoms with E-state index in [0.717, 1.165) is 16.7 Å². The van der Waals surface area contributed by atoms with Crippen LogP contribution in [0.4, 0.5) is 0 Å². The molecule has 1 amide bonds. The normalized spacial score (nSPS) is 11.7. The van der Waals surface area contributed by atoms with Crippen LogP contribution in [0.15, 0.2) is 79.4 Å². The number of carbonyl (C=O) groups is 1. The molecule has 0 spiro atoms. The monoisotopic (exact) mass is 317 g/mol. The molecule has 1 N–H and O–H groups in total. The molecule has 0 saturated heterocycles. The van der Waals surface area contributed by atoms with Crippen LogP contribution in [0.2, 0.25) is 0 Å². The molecule has 4 heteroatoms. The maximum atomic E-state index is 12.8. The lowest BCUT2D eigenvalue weighted by molar-refractivity contribution is -0.122. The number of nitrogens with one attached hydrogen (secondary N) is 1. The van der Waals surface area contributed by atoms with Gasteiger partial charge in [0, 0.05) is 31.3 Å². The van der Waals surface area contributed by atoms with Gasteiger partial charge in [-0.15, -0.1) is 0 Å². The summed E-state index contributed by atoms with van der Waals surface area (Å²) in [4.78, 5) is 20.9. The van der Waals surface area contributed by atoms with Crippen LogP contribution >= 0.6 is 0 Å². The number of rotatable bonds is 6. The van der Waals surface area contributed by atoms with Gasteiger partial charge in [0.25, 0.3) is 0 Å². The van der Waals surface area contributed by atoms with Gasteiger partial charge in [-0.25, -0.2) is 0 Å². The summed E-state index contributed by atoms with van der Waals surface area (Å²) in [6, 6.07) is 17.6. The standard InChI is InChI=1S/C20H19N3O/c24-20(23-15-16-8-11-21-12-9-16)19(18-6-2-1-3-7-18)13-17-5-4-10-22-14-17/h1-12,14,19H,13,15H2,(H,23,24). The van der Waals surface area contributed by atoms with Crippen LogP contribution in [0.25, 0.3) is 0 Å². The molecule has 24 heavy (non-hydrogen) atoms. The molecule has 120 valence electrons. The summed E-state index contributed by atoms with van der Waals surface area (Å²) in [5.41, 5.74) is 3.09. The van der Waals surface area contributed by atoms with Crippen molar-refractivity contribution in [1.82, 2.24) is 15.3 Å². The van der Waals surface area contributed by atoms with Crippen molar-refractivity contribution in [2.24, 2.45) is 0 Å². The van der Waals surface area contributed by atoms with Gasteiger partial charge in [-0.1, -0.05) is 36.4 Å². The number of carbonyl (C=O) groups excluding carboxylic acids is 1. The Kier molecular flexibility index (Phi) is 5.30. The third kappa shape index (κ3) is 4.26. The van der Waals surface area contributed by atoms with E-state index in [2.05, 4.69) is 15.3 Å². The lowest BCUT2D eigenvalue weighted by Crippen LogP contribution is -2.30. The minimum Gasteiger partial charge on any atom is -0.351 e. The number of aromatic nitrogens is 2. The van der Waals surface area contributed by atoms with Crippen molar-refractivity contribution >= 4 is 5.91 Å². The van der Waals surface area contributed by atoms with Crippen molar-refractivity contribution < 1.29 is 4.79 Å². The number of pyridine rings is 2. The fourth-order valence-electron chi connectivity index (χ4n) is 2.61. The van der Waals surface area contributed by atoms with Crippen molar-refractivity contribution in [3.63, 3.8) is 0 Å². The Labute approximate surface area is 141 Å². The van der Waals surface area contributed by atoms with Crippen LogP contribution in [-0.2, 0) is 17.8 Å². The highest BCUT2D eigenvalue weighted by Crippen LogP contribution is 2.21. The molecule has 1 aromatic carbocycles. The topological polar surface area (TPSA) is 54.9 Å². The van der Waals surface area contributed by atoms with Crippen LogP contribution < -0.4 is 5.32 Å². The minimum atomic E-state index is -0.239. The zero-order valence-electron chi connectivity index (χ0n) is 13.3. The van der Waals surface area contributed by atoms with Gasteiger partial charge in [0.1, 0.15) is 0 Å². The summed E-state index contributed by atoms with van der Waals surface area (Å²) in [5.74, 6) is -0.223. The smallest absolute Gasteiger partial charge is 0.228 e. The molecule has 1 atom stereocenters. The van der Waals surface area contributed by atoms with Crippen molar-refractivity contribution in [3.05, 3.63) is 96.1 Å². The summed E-state index contributed by atoms with van der Waals surface area (Å²) >= 11 is 0. The van der Waals surface area contributed by atoms with E-state index < -0.39 is 0 Å². The average Bonchev–Trinajstić information content (AvgIpc) is 2.66. The molecule has 0 aliphatic carbocycles. The maximum Gasteiger partial charge on any atom is 0.228 e. The first-order valence-corrected chi connectivity index (χ1v) is 7.93. The Morgan fingerprint density at radius 2 is 1.67 bits per heavy atom. The molecule has 0 fully saturated rings. The van der Waals surface area contributed by atoms with Gasteiger partial charge in [0.2, 0.25) is 5.91 Å². The highest BCUT2D eigenvalue weighted by Gasteiger charge is 2.20. The first-order chi connectivity index (χ1) is 11.8. The number of amides is 1. The first-order valence-electron chi connectivity index (χ1n) is 7.93. The molecule has 2 aromatic heterocycles. The summed E-state index contributed by atoms with van der Waals surface area (Å²) < 4.78 is 0. The molecule has 0 radical (unpaired) electrons. The maximum absolute atomic E-state index is 12.8. The molecule has 4 nitrogen and oxygen atoms in total.